The molecule has 0 heterocycles. The number of aliphatic hydroxyl groups is 2. The van der Waals surface area contributed by atoms with Gasteiger partial charge in [0.25, 0.3) is 0 Å². The Bertz CT molecular complexity index is 744. The Kier molecular flexibility index (Phi) is 6.09. The van der Waals surface area contributed by atoms with Crippen molar-refractivity contribution in [1.29, 1.82) is 0 Å². The van der Waals surface area contributed by atoms with Crippen LogP contribution < -0.4 is 0 Å². The molecule has 31 heavy (non-hydrogen) atoms. The average molecular weight is 429 g/mol. The first-order chi connectivity index (χ1) is 14.4. The van der Waals surface area contributed by atoms with Gasteiger partial charge in [0.2, 0.25) is 0 Å². The maximum absolute atomic E-state index is 11.7. The summed E-state index contributed by atoms with van der Waals surface area (Å²) in [6.07, 6.45) is 13.5. The predicted molar refractivity (Wildman–Crippen MR) is 130 cm³/mol. The van der Waals surface area contributed by atoms with E-state index >= 15 is 0 Å². The van der Waals surface area contributed by atoms with Gasteiger partial charge in [-0.15, -0.1) is 0 Å². The van der Waals surface area contributed by atoms with Crippen LogP contribution in [0.2, 0.25) is 0 Å². The van der Waals surface area contributed by atoms with Gasteiger partial charge in [0.05, 0.1) is 12.2 Å². The molecule has 4 rings (SSSR count). The maximum atomic E-state index is 11.7. The zero-order valence-corrected chi connectivity index (χ0v) is 21.2. The van der Waals surface area contributed by atoms with Crippen LogP contribution in [-0.2, 0) is 0 Å². The molecule has 0 aliphatic heterocycles. The SMILES string of the molecule is CC(C)=CCC[C@@H](C)[C@H]1CC[C@H]2[C@@H]3CC=C4C(C)(C)[C@@H](O)CC[C@]4(C)[C@H]3[C@H](O)C[C@]12C. The van der Waals surface area contributed by atoms with E-state index in [1.165, 1.54) is 36.8 Å². The first-order valence-corrected chi connectivity index (χ1v) is 13.1. The van der Waals surface area contributed by atoms with E-state index in [1.54, 1.807) is 0 Å². The van der Waals surface area contributed by atoms with Crippen LogP contribution in [0.25, 0.3) is 0 Å². The molecule has 0 amide bonds. The van der Waals surface area contributed by atoms with Crippen LogP contribution in [-0.4, -0.2) is 22.4 Å². The molecule has 2 heteroatoms. The summed E-state index contributed by atoms with van der Waals surface area (Å²) >= 11 is 0. The van der Waals surface area contributed by atoms with Crippen molar-refractivity contribution in [3.63, 3.8) is 0 Å². The predicted octanol–water partition coefficient (Wildman–Crippen LogP) is 6.92. The highest BCUT2D eigenvalue weighted by Gasteiger charge is 2.63. The van der Waals surface area contributed by atoms with Crippen molar-refractivity contribution in [1.82, 2.24) is 0 Å². The molecule has 2 nitrogen and oxygen atoms in total. The zero-order valence-electron chi connectivity index (χ0n) is 21.2. The molecule has 0 bridgehead atoms. The van der Waals surface area contributed by atoms with Crippen LogP contribution in [0, 0.1) is 45.8 Å². The lowest BCUT2D eigenvalue weighted by molar-refractivity contribution is -0.139. The van der Waals surface area contributed by atoms with Gasteiger partial charge < -0.3 is 10.2 Å². The fourth-order valence-corrected chi connectivity index (χ4v) is 9.34. The molecule has 0 saturated heterocycles. The van der Waals surface area contributed by atoms with Crippen molar-refractivity contribution in [2.24, 2.45) is 45.8 Å². The average Bonchev–Trinajstić information content (AvgIpc) is 3.01. The summed E-state index contributed by atoms with van der Waals surface area (Å²) < 4.78 is 0. The molecule has 0 spiro atoms. The van der Waals surface area contributed by atoms with E-state index in [0.29, 0.717) is 11.8 Å². The van der Waals surface area contributed by atoms with Gasteiger partial charge in [-0.1, -0.05) is 57.9 Å². The second-order valence-electron chi connectivity index (χ2n) is 13.1. The molecule has 9 atom stereocenters. The fourth-order valence-electron chi connectivity index (χ4n) is 9.34. The minimum Gasteiger partial charge on any atom is -0.393 e. The van der Waals surface area contributed by atoms with Crippen molar-refractivity contribution in [2.75, 3.05) is 0 Å². The number of fused-ring (bicyclic) bond motifs is 5. The Labute approximate surface area is 191 Å². The number of allylic oxidation sites excluding steroid dienone is 3. The summed E-state index contributed by atoms with van der Waals surface area (Å²) in [5, 5.41) is 22.4. The molecule has 0 aromatic rings. The highest BCUT2D eigenvalue weighted by atomic mass is 16.3. The first-order valence-electron chi connectivity index (χ1n) is 13.1. The smallest absolute Gasteiger partial charge is 0.0628 e. The molecule has 0 aromatic heterocycles. The zero-order chi connectivity index (χ0) is 22.8. The minimum absolute atomic E-state index is 0.0412. The topological polar surface area (TPSA) is 40.5 Å². The molecular formula is C29H48O2. The summed E-state index contributed by atoms with van der Waals surface area (Å²) in [4.78, 5) is 0. The number of hydrogen-bond acceptors (Lipinski definition) is 2. The highest BCUT2D eigenvalue weighted by Crippen LogP contribution is 2.68. The summed E-state index contributed by atoms with van der Waals surface area (Å²) in [5.41, 5.74) is 3.01. The van der Waals surface area contributed by atoms with Crippen LogP contribution in [0.5, 0.6) is 0 Å². The normalized spacial score (nSPS) is 46.9. The van der Waals surface area contributed by atoms with Crippen molar-refractivity contribution in [3.8, 4) is 0 Å². The van der Waals surface area contributed by atoms with E-state index in [1.807, 2.05) is 0 Å². The molecule has 4 aliphatic rings. The van der Waals surface area contributed by atoms with Gasteiger partial charge in [-0.2, -0.15) is 0 Å². The first kappa shape index (κ1) is 23.6. The van der Waals surface area contributed by atoms with E-state index in [2.05, 4.69) is 60.6 Å². The Hall–Kier alpha value is -0.600. The maximum Gasteiger partial charge on any atom is 0.0628 e. The second-order valence-corrected chi connectivity index (χ2v) is 13.1. The standard InChI is InChI=1S/C29H48O2/c1-18(2)9-8-10-19(3)21-12-13-22-20-11-14-24-27(4,5)25(31)15-16-28(24,6)26(20)23(30)17-29(21,22)7/h9,14,19-23,25-26,30-31H,8,10-13,15-17H2,1-7H3/t19-,20+,21-,22+,23-,25+,26-,28+,29-/m1/s1. The molecule has 0 aromatic carbocycles. The van der Waals surface area contributed by atoms with E-state index in [-0.39, 0.29) is 28.5 Å². The third-order valence-corrected chi connectivity index (χ3v) is 10.8. The van der Waals surface area contributed by atoms with E-state index in [4.69, 9.17) is 0 Å². The van der Waals surface area contributed by atoms with Gasteiger partial charge in [0.15, 0.2) is 0 Å². The summed E-state index contributed by atoms with van der Waals surface area (Å²) in [6.45, 7) is 16.3. The van der Waals surface area contributed by atoms with Crippen LogP contribution in [0.1, 0.15) is 99.8 Å². The molecule has 4 aliphatic carbocycles. The third-order valence-electron chi connectivity index (χ3n) is 10.8. The molecule has 0 unspecified atom stereocenters. The van der Waals surface area contributed by atoms with E-state index in [9.17, 15) is 10.2 Å². The monoisotopic (exact) mass is 428 g/mol. The van der Waals surface area contributed by atoms with Crippen LogP contribution in [0.15, 0.2) is 23.3 Å². The minimum atomic E-state index is -0.258. The molecule has 0 radical (unpaired) electrons. The van der Waals surface area contributed by atoms with Crippen LogP contribution >= 0.6 is 0 Å². The van der Waals surface area contributed by atoms with Gasteiger partial charge in [-0.3, -0.25) is 0 Å². The van der Waals surface area contributed by atoms with Crippen molar-refractivity contribution in [2.45, 2.75) is 112 Å². The Morgan fingerprint density at radius 3 is 2.52 bits per heavy atom. The Balaban J connectivity index is 1.61. The summed E-state index contributed by atoms with van der Waals surface area (Å²) in [6, 6.07) is 0. The van der Waals surface area contributed by atoms with Crippen LogP contribution in [0.3, 0.4) is 0 Å². The van der Waals surface area contributed by atoms with Crippen molar-refractivity contribution < 1.29 is 10.2 Å². The lowest BCUT2D eigenvalue weighted by atomic mass is 9.43. The van der Waals surface area contributed by atoms with Gasteiger partial charge in [-0.05, 0) is 106 Å². The highest BCUT2D eigenvalue weighted by molar-refractivity contribution is 5.32. The summed E-state index contributed by atoms with van der Waals surface area (Å²) in [5.74, 6) is 3.16. The lowest BCUT2D eigenvalue weighted by Gasteiger charge is -2.62. The van der Waals surface area contributed by atoms with Crippen molar-refractivity contribution >= 4 is 0 Å². The quantitative estimate of drug-likeness (QED) is 0.477. The van der Waals surface area contributed by atoms with Gasteiger partial charge >= 0.3 is 0 Å². The Morgan fingerprint density at radius 2 is 1.84 bits per heavy atom. The molecule has 3 fully saturated rings. The van der Waals surface area contributed by atoms with Crippen molar-refractivity contribution in [3.05, 3.63) is 23.3 Å². The lowest BCUT2D eigenvalue weighted by Crippen LogP contribution is -2.59. The molecule has 2 N–H and O–H groups in total. The second kappa shape index (κ2) is 8.01. The number of aliphatic hydroxyl groups excluding tert-OH is 2. The van der Waals surface area contributed by atoms with E-state index < -0.39 is 0 Å². The summed E-state index contributed by atoms with van der Waals surface area (Å²) in [7, 11) is 0. The van der Waals surface area contributed by atoms with E-state index in [0.717, 1.165) is 43.4 Å². The number of hydrogen-bond donors (Lipinski definition) is 2. The van der Waals surface area contributed by atoms with Gasteiger partial charge in [0, 0.05) is 5.41 Å². The molecular weight excluding hydrogens is 380 g/mol. The van der Waals surface area contributed by atoms with Crippen LogP contribution in [0.4, 0.5) is 0 Å². The largest absolute Gasteiger partial charge is 0.393 e. The van der Waals surface area contributed by atoms with Gasteiger partial charge in [-0.25, -0.2) is 0 Å². The van der Waals surface area contributed by atoms with Gasteiger partial charge in [0.1, 0.15) is 0 Å². The fraction of sp³-hybridized carbons (Fsp3) is 0.862. The Morgan fingerprint density at radius 1 is 1.13 bits per heavy atom. The number of rotatable bonds is 4. The molecule has 3 saturated carbocycles. The third kappa shape index (κ3) is 3.59. The molecule has 176 valence electrons.